The van der Waals surface area contributed by atoms with Gasteiger partial charge in [-0.2, -0.15) is 0 Å². The quantitative estimate of drug-likeness (QED) is 0.288. The third-order valence-corrected chi connectivity index (χ3v) is 4.44. The summed E-state index contributed by atoms with van der Waals surface area (Å²) < 4.78 is 0. The van der Waals surface area contributed by atoms with Crippen molar-refractivity contribution in [2.24, 2.45) is 17.2 Å². The van der Waals surface area contributed by atoms with Gasteiger partial charge in [-0.1, -0.05) is 12.1 Å². The van der Waals surface area contributed by atoms with Crippen LogP contribution in [-0.4, -0.2) is 59.3 Å². The van der Waals surface area contributed by atoms with Gasteiger partial charge in [0.05, 0.1) is 0 Å². The number of amides is 4. The molecular formula is C19H29N5O5. The maximum absolute atomic E-state index is 12.9. The molecule has 0 fully saturated rings. The fraction of sp³-hybridized carbons (Fsp3) is 0.474. The number of primary amides is 2. The van der Waals surface area contributed by atoms with Gasteiger partial charge in [0.1, 0.15) is 17.8 Å². The molecule has 29 heavy (non-hydrogen) atoms. The first-order valence-electron chi connectivity index (χ1n) is 9.27. The molecule has 1 aromatic carbocycles. The predicted octanol–water partition coefficient (Wildman–Crippen LogP) is -1.26. The molecule has 10 heteroatoms. The van der Waals surface area contributed by atoms with Crippen molar-refractivity contribution in [3.05, 3.63) is 29.8 Å². The van der Waals surface area contributed by atoms with Crippen LogP contribution in [0.25, 0.3) is 0 Å². The van der Waals surface area contributed by atoms with Crippen molar-refractivity contribution >= 4 is 23.6 Å². The van der Waals surface area contributed by atoms with Crippen LogP contribution >= 0.6 is 0 Å². The molecule has 0 radical (unpaired) electrons. The predicted molar refractivity (Wildman–Crippen MR) is 106 cm³/mol. The molecule has 160 valence electrons. The first kappa shape index (κ1) is 23.9. The number of carbonyl (C=O) groups excluding carboxylic acids is 4. The van der Waals surface area contributed by atoms with Crippen LogP contribution in [0, 0.1) is 0 Å². The zero-order valence-corrected chi connectivity index (χ0v) is 16.5. The average Bonchev–Trinajstić information content (AvgIpc) is 2.67. The molecule has 0 aliphatic carbocycles. The van der Waals surface area contributed by atoms with Gasteiger partial charge in [-0.25, -0.2) is 0 Å². The summed E-state index contributed by atoms with van der Waals surface area (Å²) >= 11 is 0. The average molecular weight is 407 g/mol. The van der Waals surface area contributed by atoms with E-state index in [1.807, 2.05) is 0 Å². The third-order valence-electron chi connectivity index (χ3n) is 4.44. The fourth-order valence-corrected chi connectivity index (χ4v) is 2.77. The molecule has 0 heterocycles. The van der Waals surface area contributed by atoms with Gasteiger partial charge in [0.2, 0.25) is 23.6 Å². The van der Waals surface area contributed by atoms with Gasteiger partial charge >= 0.3 is 0 Å². The Morgan fingerprint density at radius 1 is 1.10 bits per heavy atom. The Kier molecular flexibility index (Phi) is 9.60. The molecule has 0 saturated carbocycles. The summed E-state index contributed by atoms with van der Waals surface area (Å²) in [4.78, 5) is 49.0. The summed E-state index contributed by atoms with van der Waals surface area (Å²) in [5, 5.41) is 12.0. The van der Waals surface area contributed by atoms with Crippen molar-refractivity contribution in [3.63, 3.8) is 0 Å². The van der Waals surface area contributed by atoms with Crippen molar-refractivity contribution < 1.29 is 24.3 Å². The Balaban J connectivity index is 2.91. The van der Waals surface area contributed by atoms with Crippen molar-refractivity contribution in [3.8, 4) is 5.75 Å². The second kappa shape index (κ2) is 11.6. The zero-order chi connectivity index (χ0) is 22.0. The maximum atomic E-state index is 12.9. The highest BCUT2D eigenvalue weighted by Crippen LogP contribution is 2.14. The number of nitrogens with one attached hydrogen (secondary N) is 1. The molecule has 10 nitrogen and oxygen atoms in total. The van der Waals surface area contributed by atoms with E-state index in [9.17, 15) is 24.3 Å². The molecule has 1 unspecified atom stereocenters. The number of hydrogen-bond acceptors (Lipinski definition) is 6. The number of hydrogen-bond donors (Lipinski definition) is 5. The van der Waals surface area contributed by atoms with E-state index in [1.54, 1.807) is 12.1 Å². The third kappa shape index (κ3) is 8.18. The standard InChI is InChI=1S/C19H29N5O5/c1-24(15(18(22)28)11-12-4-6-13(25)7-5-12)19(29)14(3-2-10-20)23-17(27)9-8-16(21)26/h4-7,14-15,25H,2-3,8-11,20H2,1H3,(H2,21,26)(H2,22,28)(H,23,27)/t14-,15?/m1/s1. The Labute approximate surface area is 169 Å². The summed E-state index contributed by atoms with van der Waals surface area (Å²) in [6.45, 7) is 0.317. The van der Waals surface area contributed by atoms with E-state index in [1.165, 1.54) is 24.1 Å². The van der Waals surface area contributed by atoms with Crippen LogP contribution < -0.4 is 22.5 Å². The fourth-order valence-electron chi connectivity index (χ4n) is 2.77. The van der Waals surface area contributed by atoms with Gasteiger partial charge in [-0.05, 0) is 37.1 Å². The summed E-state index contributed by atoms with van der Waals surface area (Å²) in [5.74, 6) is -2.24. The number of nitrogens with zero attached hydrogens (tertiary/aromatic N) is 1. The topological polar surface area (TPSA) is 182 Å². The normalized spacial score (nSPS) is 12.6. The van der Waals surface area contributed by atoms with E-state index in [2.05, 4.69) is 5.32 Å². The minimum atomic E-state index is -0.949. The van der Waals surface area contributed by atoms with Crippen molar-refractivity contribution in [2.45, 2.75) is 44.2 Å². The molecule has 0 bridgehead atoms. The highest BCUT2D eigenvalue weighted by molar-refractivity contribution is 5.92. The second-order valence-electron chi connectivity index (χ2n) is 6.76. The van der Waals surface area contributed by atoms with Gasteiger partial charge < -0.3 is 32.5 Å². The summed E-state index contributed by atoms with van der Waals surface area (Å²) in [7, 11) is 1.43. The molecule has 0 aliphatic rings. The first-order valence-corrected chi connectivity index (χ1v) is 9.27. The summed E-state index contributed by atoms with van der Waals surface area (Å²) in [6.07, 6.45) is 0.617. The Morgan fingerprint density at radius 3 is 2.24 bits per heavy atom. The number of benzene rings is 1. The molecule has 0 saturated heterocycles. The van der Waals surface area contributed by atoms with E-state index in [4.69, 9.17) is 17.2 Å². The first-order chi connectivity index (χ1) is 13.6. The van der Waals surface area contributed by atoms with E-state index in [-0.39, 0.29) is 31.4 Å². The largest absolute Gasteiger partial charge is 0.508 e. The second-order valence-corrected chi connectivity index (χ2v) is 6.76. The van der Waals surface area contributed by atoms with E-state index < -0.39 is 35.7 Å². The van der Waals surface area contributed by atoms with Gasteiger partial charge in [0.15, 0.2) is 0 Å². The Morgan fingerprint density at radius 2 is 1.72 bits per heavy atom. The van der Waals surface area contributed by atoms with Crippen LogP contribution in [0.3, 0.4) is 0 Å². The number of nitrogens with two attached hydrogens (primary N) is 3. The lowest BCUT2D eigenvalue weighted by Gasteiger charge is -2.30. The number of aromatic hydroxyl groups is 1. The molecular weight excluding hydrogens is 378 g/mol. The molecule has 4 amide bonds. The summed E-state index contributed by atoms with van der Waals surface area (Å²) in [5.41, 5.74) is 16.7. The minimum Gasteiger partial charge on any atom is -0.508 e. The minimum absolute atomic E-state index is 0.0781. The SMILES string of the molecule is CN(C(=O)[C@@H](CCCN)NC(=O)CCC(N)=O)C(Cc1ccc(O)cc1)C(N)=O. The number of likely N-dealkylation sites (N-methyl/N-ethyl adjacent to an activating group) is 1. The molecule has 0 aromatic heterocycles. The van der Waals surface area contributed by atoms with Crippen molar-refractivity contribution in [1.82, 2.24) is 10.2 Å². The lowest BCUT2D eigenvalue weighted by atomic mass is 10.0. The molecule has 0 aliphatic heterocycles. The Hall–Kier alpha value is -3.14. The molecule has 0 spiro atoms. The number of rotatable bonds is 12. The van der Waals surface area contributed by atoms with Crippen LogP contribution in [0.4, 0.5) is 0 Å². The Bertz CT molecular complexity index is 722. The number of carbonyl (C=O) groups is 4. The number of phenolic OH excluding ortho intramolecular Hbond substituents is 1. The monoisotopic (exact) mass is 407 g/mol. The van der Waals surface area contributed by atoms with Gasteiger partial charge in [-0.15, -0.1) is 0 Å². The maximum Gasteiger partial charge on any atom is 0.245 e. The van der Waals surface area contributed by atoms with Gasteiger partial charge in [-0.3, -0.25) is 19.2 Å². The summed E-state index contributed by atoms with van der Waals surface area (Å²) in [6, 6.07) is 4.33. The highest BCUT2D eigenvalue weighted by Gasteiger charge is 2.31. The zero-order valence-electron chi connectivity index (χ0n) is 16.5. The van der Waals surface area contributed by atoms with Crippen molar-refractivity contribution in [2.75, 3.05) is 13.6 Å². The van der Waals surface area contributed by atoms with Gasteiger partial charge in [0, 0.05) is 26.3 Å². The van der Waals surface area contributed by atoms with E-state index in [0.29, 0.717) is 18.5 Å². The molecule has 2 atom stereocenters. The number of phenols is 1. The highest BCUT2D eigenvalue weighted by atomic mass is 16.3. The van der Waals surface area contributed by atoms with Crippen LogP contribution in [0.1, 0.15) is 31.2 Å². The van der Waals surface area contributed by atoms with Crippen LogP contribution in [0.5, 0.6) is 5.75 Å². The van der Waals surface area contributed by atoms with Crippen LogP contribution in [0.15, 0.2) is 24.3 Å². The van der Waals surface area contributed by atoms with E-state index >= 15 is 0 Å². The van der Waals surface area contributed by atoms with Crippen LogP contribution in [0.2, 0.25) is 0 Å². The molecule has 1 aromatic rings. The van der Waals surface area contributed by atoms with Gasteiger partial charge in [0.25, 0.3) is 0 Å². The van der Waals surface area contributed by atoms with Crippen molar-refractivity contribution in [1.29, 1.82) is 0 Å². The molecule has 1 rings (SSSR count). The smallest absolute Gasteiger partial charge is 0.245 e. The lowest BCUT2D eigenvalue weighted by molar-refractivity contribution is -0.141. The van der Waals surface area contributed by atoms with Crippen LogP contribution in [-0.2, 0) is 25.6 Å². The molecule has 8 N–H and O–H groups in total. The van der Waals surface area contributed by atoms with E-state index in [0.717, 1.165) is 0 Å². The lowest BCUT2D eigenvalue weighted by Crippen LogP contribution is -2.54.